The van der Waals surface area contributed by atoms with Gasteiger partial charge in [0.2, 0.25) is 5.91 Å². The SMILES string of the molecule is COCCNC(=O)Cn1nc2c(c1NC(=O)COc1ccc(C)cc1)CSC2. The Hall–Kier alpha value is -2.52. The van der Waals surface area contributed by atoms with Crippen molar-refractivity contribution >= 4 is 29.4 Å². The van der Waals surface area contributed by atoms with Crippen LogP contribution in [0.25, 0.3) is 0 Å². The quantitative estimate of drug-likeness (QED) is 0.618. The first-order chi connectivity index (χ1) is 13.6. The first-order valence-corrected chi connectivity index (χ1v) is 10.1. The largest absolute Gasteiger partial charge is 0.484 e. The van der Waals surface area contributed by atoms with Gasteiger partial charge in [0.25, 0.3) is 5.91 Å². The predicted molar refractivity (Wildman–Crippen MR) is 107 cm³/mol. The van der Waals surface area contributed by atoms with Crippen molar-refractivity contribution in [3.8, 4) is 5.75 Å². The van der Waals surface area contributed by atoms with E-state index >= 15 is 0 Å². The Kier molecular flexibility index (Phi) is 6.94. The summed E-state index contributed by atoms with van der Waals surface area (Å²) in [6, 6.07) is 7.50. The highest BCUT2D eigenvalue weighted by Gasteiger charge is 2.25. The minimum absolute atomic E-state index is 0.0375. The second-order valence-corrected chi connectivity index (χ2v) is 7.40. The fourth-order valence-corrected chi connectivity index (χ4v) is 3.79. The van der Waals surface area contributed by atoms with Crippen LogP contribution in [0.3, 0.4) is 0 Å². The van der Waals surface area contributed by atoms with Crippen molar-refractivity contribution in [3.63, 3.8) is 0 Å². The number of aromatic nitrogens is 2. The number of methoxy groups -OCH3 is 1. The summed E-state index contributed by atoms with van der Waals surface area (Å²) < 4.78 is 12.0. The van der Waals surface area contributed by atoms with E-state index in [1.54, 1.807) is 23.6 Å². The summed E-state index contributed by atoms with van der Waals surface area (Å²) in [7, 11) is 1.58. The Morgan fingerprint density at radius 2 is 2.00 bits per heavy atom. The molecule has 2 aromatic rings. The number of fused-ring (bicyclic) bond motifs is 1. The Morgan fingerprint density at radius 1 is 1.21 bits per heavy atom. The third kappa shape index (κ3) is 5.26. The van der Waals surface area contributed by atoms with Crippen LogP contribution in [0.2, 0.25) is 0 Å². The van der Waals surface area contributed by atoms with Gasteiger partial charge in [0.05, 0.1) is 12.3 Å². The van der Waals surface area contributed by atoms with Gasteiger partial charge in [-0.15, -0.1) is 0 Å². The molecule has 28 heavy (non-hydrogen) atoms. The molecule has 9 heteroatoms. The molecule has 1 aromatic carbocycles. The van der Waals surface area contributed by atoms with Gasteiger partial charge in [-0.2, -0.15) is 16.9 Å². The van der Waals surface area contributed by atoms with Gasteiger partial charge in [0.15, 0.2) is 6.61 Å². The predicted octanol–water partition coefficient (Wildman–Crippen LogP) is 1.72. The summed E-state index contributed by atoms with van der Waals surface area (Å²) in [4.78, 5) is 24.5. The highest BCUT2D eigenvalue weighted by atomic mass is 32.2. The maximum absolute atomic E-state index is 12.4. The molecular formula is C19H24N4O4S. The molecule has 2 N–H and O–H groups in total. The summed E-state index contributed by atoms with van der Waals surface area (Å²) in [6.07, 6.45) is 0. The summed E-state index contributed by atoms with van der Waals surface area (Å²) in [6.45, 7) is 2.78. The van der Waals surface area contributed by atoms with Gasteiger partial charge in [0.1, 0.15) is 18.1 Å². The topological polar surface area (TPSA) is 94.5 Å². The molecular weight excluding hydrogens is 380 g/mol. The van der Waals surface area contributed by atoms with Gasteiger partial charge in [-0.1, -0.05) is 17.7 Å². The molecule has 1 aliphatic heterocycles. The maximum atomic E-state index is 12.4. The van der Waals surface area contributed by atoms with E-state index in [4.69, 9.17) is 9.47 Å². The van der Waals surface area contributed by atoms with Crippen molar-refractivity contribution in [2.45, 2.75) is 25.0 Å². The number of anilines is 1. The zero-order valence-corrected chi connectivity index (χ0v) is 16.8. The zero-order chi connectivity index (χ0) is 19.9. The lowest BCUT2D eigenvalue weighted by molar-refractivity contribution is -0.122. The molecule has 150 valence electrons. The van der Waals surface area contributed by atoms with Gasteiger partial charge >= 0.3 is 0 Å². The number of hydrogen-bond donors (Lipinski definition) is 2. The minimum Gasteiger partial charge on any atom is -0.484 e. The third-order valence-electron chi connectivity index (χ3n) is 4.19. The van der Waals surface area contributed by atoms with E-state index in [0.29, 0.717) is 24.7 Å². The lowest BCUT2D eigenvalue weighted by Crippen LogP contribution is -2.31. The van der Waals surface area contributed by atoms with Crippen LogP contribution in [-0.4, -0.2) is 48.5 Å². The molecule has 2 amide bonds. The number of ether oxygens (including phenoxy) is 2. The van der Waals surface area contributed by atoms with Crippen molar-refractivity contribution in [3.05, 3.63) is 41.1 Å². The van der Waals surface area contributed by atoms with Crippen molar-refractivity contribution in [1.29, 1.82) is 0 Å². The van der Waals surface area contributed by atoms with Crippen molar-refractivity contribution in [2.24, 2.45) is 0 Å². The lowest BCUT2D eigenvalue weighted by atomic mass is 10.2. The molecule has 0 bridgehead atoms. The van der Waals surface area contributed by atoms with Crippen LogP contribution in [0, 0.1) is 6.92 Å². The number of hydrogen-bond acceptors (Lipinski definition) is 6. The number of nitrogens with zero attached hydrogens (tertiary/aromatic N) is 2. The summed E-state index contributed by atoms with van der Waals surface area (Å²) >= 11 is 1.73. The number of aryl methyl sites for hydroxylation is 1. The van der Waals surface area contributed by atoms with Gasteiger partial charge in [-0.25, -0.2) is 4.68 Å². The highest BCUT2D eigenvalue weighted by molar-refractivity contribution is 7.98. The average Bonchev–Trinajstić information content (AvgIpc) is 3.24. The standard InChI is InChI=1S/C19H24N4O4S/c1-13-3-5-14(6-4-13)27-10-18(25)21-19-15-11-28-12-16(15)22-23(19)9-17(24)20-7-8-26-2/h3-6H,7-12H2,1-2H3,(H,20,24)(H,21,25). The summed E-state index contributed by atoms with van der Waals surface area (Å²) in [5.74, 6) is 2.26. The number of nitrogens with one attached hydrogen (secondary N) is 2. The third-order valence-corrected chi connectivity index (χ3v) is 5.16. The maximum Gasteiger partial charge on any atom is 0.263 e. The molecule has 1 aromatic heterocycles. The van der Waals surface area contributed by atoms with E-state index in [0.717, 1.165) is 28.3 Å². The Morgan fingerprint density at radius 3 is 2.75 bits per heavy atom. The van der Waals surface area contributed by atoms with Crippen LogP contribution in [-0.2, 0) is 32.4 Å². The second-order valence-electron chi connectivity index (χ2n) is 6.42. The summed E-state index contributed by atoms with van der Waals surface area (Å²) in [5, 5.41) is 10.1. The molecule has 3 rings (SSSR count). The van der Waals surface area contributed by atoms with Crippen molar-refractivity contribution in [2.75, 3.05) is 32.2 Å². The minimum atomic E-state index is -0.291. The van der Waals surface area contributed by atoms with Crippen molar-refractivity contribution < 1.29 is 19.1 Å². The molecule has 1 aliphatic rings. The molecule has 0 fully saturated rings. The van der Waals surface area contributed by atoms with E-state index in [1.165, 1.54) is 0 Å². The average molecular weight is 404 g/mol. The monoisotopic (exact) mass is 404 g/mol. The smallest absolute Gasteiger partial charge is 0.263 e. The zero-order valence-electron chi connectivity index (χ0n) is 16.0. The first-order valence-electron chi connectivity index (χ1n) is 8.98. The Balaban J connectivity index is 1.62. The van der Waals surface area contributed by atoms with Gasteiger partial charge in [0, 0.05) is 30.7 Å². The Bertz CT molecular complexity index is 835. The highest BCUT2D eigenvalue weighted by Crippen LogP contribution is 2.34. The molecule has 2 heterocycles. The van der Waals surface area contributed by atoms with Crippen LogP contribution in [0.15, 0.2) is 24.3 Å². The van der Waals surface area contributed by atoms with Crippen molar-refractivity contribution in [1.82, 2.24) is 15.1 Å². The molecule has 0 radical (unpaired) electrons. The lowest BCUT2D eigenvalue weighted by Gasteiger charge is -2.12. The van der Waals surface area contributed by atoms with E-state index < -0.39 is 0 Å². The number of thioether (sulfide) groups is 1. The van der Waals surface area contributed by atoms with Gasteiger partial charge in [-0.3, -0.25) is 9.59 Å². The molecule has 8 nitrogen and oxygen atoms in total. The molecule has 0 unspecified atom stereocenters. The Labute approximate surface area is 168 Å². The van der Waals surface area contributed by atoms with Gasteiger partial charge < -0.3 is 20.1 Å². The molecule has 0 aliphatic carbocycles. The van der Waals surface area contributed by atoms with Crippen LogP contribution in [0.1, 0.15) is 16.8 Å². The van der Waals surface area contributed by atoms with E-state index in [2.05, 4.69) is 15.7 Å². The van der Waals surface area contributed by atoms with Crippen LogP contribution in [0.5, 0.6) is 5.75 Å². The molecule has 0 saturated carbocycles. The van der Waals surface area contributed by atoms with Crippen LogP contribution < -0.4 is 15.4 Å². The number of carbonyl (C=O) groups is 2. The second kappa shape index (κ2) is 9.61. The number of rotatable bonds is 9. The van der Waals surface area contributed by atoms with E-state index in [-0.39, 0.29) is 25.0 Å². The molecule has 0 spiro atoms. The number of carbonyl (C=O) groups excluding carboxylic acids is 2. The van der Waals surface area contributed by atoms with E-state index in [1.807, 2.05) is 31.2 Å². The fraction of sp³-hybridized carbons (Fsp3) is 0.421. The fourth-order valence-electron chi connectivity index (χ4n) is 2.76. The molecule has 0 atom stereocenters. The van der Waals surface area contributed by atoms with Crippen LogP contribution in [0.4, 0.5) is 5.82 Å². The molecule has 0 saturated heterocycles. The summed E-state index contributed by atoms with van der Waals surface area (Å²) in [5.41, 5.74) is 3.00. The number of benzene rings is 1. The first kappa shape index (κ1) is 20.2. The normalized spacial score (nSPS) is 12.5. The van der Waals surface area contributed by atoms with Gasteiger partial charge in [-0.05, 0) is 19.1 Å². The number of amides is 2. The van der Waals surface area contributed by atoms with E-state index in [9.17, 15) is 9.59 Å². The van der Waals surface area contributed by atoms with Crippen LogP contribution >= 0.6 is 11.8 Å².